The number of anilines is 1. The zero-order valence-electron chi connectivity index (χ0n) is 15.9. The summed E-state index contributed by atoms with van der Waals surface area (Å²) in [7, 11) is 0. The first-order valence-corrected chi connectivity index (χ1v) is 10.2. The number of aliphatic hydroxyl groups excluding tert-OH is 1. The van der Waals surface area contributed by atoms with E-state index in [-0.39, 0.29) is 11.5 Å². The Bertz CT molecular complexity index is 652. The second-order valence-electron chi connectivity index (χ2n) is 8.51. The van der Waals surface area contributed by atoms with Crippen molar-refractivity contribution < 1.29 is 9.90 Å². The van der Waals surface area contributed by atoms with Gasteiger partial charge in [-0.15, -0.1) is 0 Å². The van der Waals surface area contributed by atoms with Crippen LogP contribution in [-0.4, -0.2) is 52.7 Å². The largest absolute Gasteiger partial charge is 0.393 e. The van der Waals surface area contributed by atoms with Crippen LogP contribution in [0.1, 0.15) is 56.9 Å². The van der Waals surface area contributed by atoms with Gasteiger partial charge in [0.05, 0.1) is 11.5 Å². The highest BCUT2D eigenvalue weighted by Gasteiger charge is 2.48. The molecule has 1 saturated carbocycles. The van der Waals surface area contributed by atoms with E-state index in [2.05, 4.69) is 27.8 Å². The number of hydrogen-bond acceptors (Lipinski definition) is 4. The predicted molar refractivity (Wildman–Crippen MR) is 102 cm³/mol. The predicted octanol–water partition coefficient (Wildman–Crippen LogP) is 2.90. The molecular weight excluding hydrogens is 326 g/mol. The lowest BCUT2D eigenvalue weighted by Crippen LogP contribution is -2.59. The second-order valence-corrected chi connectivity index (χ2v) is 8.51. The van der Waals surface area contributed by atoms with E-state index in [1.54, 1.807) is 0 Å². The van der Waals surface area contributed by atoms with Crippen molar-refractivity contribution in [1.82, 2.24) is 9.88 Å². The Labute approximate surface area is 156 Å². The summed E-state index contributed by atoms with van der Waals surface area (Å²) in [6.45, 7) is 4.79. The van der Waals surface area contributed by atoms with E-state index >= 15 is 0 Å². The van der Waals surface area contributed by atoms with Gasteiger partial charge in [-0.3, -0.25) is 4.79 Å². The zero-order chi connectivity index (χ0) is 18.1. The van der Waals surface area contributed by atoms with Crippen molar-refractivity contribution in [2.45, 2.75) is 70.4 Å². The molecular formula is C21H31N3O2. The van der Waals surface area contributed by atoms with Crippen molar-refractivity contribution in [3.63, 3.8) is 0 Å². The van der Waals surface area contributed by atoms with Crippen LogP contribution in [-0.2, 0) is 4.79 Å². The summed E-state index contributed by atoms with van der Waals surface area (Å²) in [5, 5.41) is 9.80. The summed E-state index contributed by atoms with van der Waals surface area (Å²) in [5.74, 6) is 1.40. The molecule has 1 aromatic heterocycles. The van der Waals surface area contributed by atoms with Crippen molar-refractivity contribution in [2.75, 3.05) is 24.5 Å². The Morgan fingerprint density at radius 2 is 1.88 bits per heavy atom. The lowest BCUT2D eigenvalue weighted by atomic mass is 9.72. The lowest BCUT2D eigenvalue weighted by molar-refractivity contribution is -0.151. The first kappa shape index (κ1) is 17.8. The molecule has 3 aliphatic rings. The number of carbonyl (C=O) groups is 1. The van der Waals surface area contributed by atoms with Crippen LogP contribution in [0.15, 0.2) is 18.3 Å². The average Bonchev–Trinajstić information content (AvgIpc) is 2.66. The summed E-state index contributed by atoms with van der Waals surface area (Å²) in [5.41, 5.74) is 0.946. The minimum absolute atomic E-state index is 0.169. The highest BCUT2D eigenvalue weighted by atomic mass is 16.3. The van der Waals surface area contributed by atoms with E-state index in [1.807, 2.05) is 12.3 Å². The third-order valence-corrected chi connectivity index (χ3v) is 6.73. The van der Waals surface area contributed by atoms with Gasteiger partial charge in [0.1, 0.15) is 5.82 Å². The first-order chi connectivity index (χ1) is 12.6. The molecule has 3 fully saturated rings. The number of carbonyl (C=O) groups excluding carboxylic acids is 1. The molecule has 3 heterocycles. The highest BCUT2D eigenvalue weighted by Crippen LogP contribution is 2.42. The molecule has 2 aliphatic heterocycles. The SMILES string of the molecule is Cc1cccnc1N1CCCC2(CCCN([C@H]3CC[C@H](O)CC3)C2=O)C1. The van der Waals surface area contributed by atoms with Crippen LogP contribution in [0.25, 0.3) is 0 Å². The maximum Gasteiger partial charge on any atom is 0.230 e. The van der Waals surface area contributed by atoms with Gasteiger partial charge in [0.15, 0.2) is 0 Å². The normalized spacial score (nSPS) is 32.9. The molecule has 5 heteroatoms. The number of likely N-dealkylation sites (tertiary alicyclic amines) is 1. The topological polar surface area (TPSA) is 56.7 Å². The van der Waals surface area contributed by atoms with Crippen LogP contribution >= 0.6 is 0 Å². The Balaban J connectivity index is 1.53. The third kappa shape index (κ3) is 3.22. The maximum absolute atomic E-state index is 13.6. The van der Waals surface area contributed by atoms with Crippen molar-refractivity contribution in [3.05, 3.63) is 23.9 Å². The van der Waals surface area contributed by atoms with Crippen molar-refractivity contribution >= 4 is 11.7 Å². The maximum atomic E-state index is 13.6. The average molecular weight is 357 g/mol. The van der Waals surface area contributed by atoms with Crippen molar-refractivity contribution in [2.24, 2.45) is 5.41 Å². The van der Waals surface area contributed by atoms with Gasteiger partial charge in [-0.05, 0) is 69.9 Å². The van der Waals surface area contributed by atoms with Crippen LogP contribution in [0.2, 0.25) is 0 Å². The lowest BCUT2D eigenvalue weighted by Gasteiger charge is -2.50. The van der Waals surface area contributed by atoms with Gasteiger partial charge in [-0.2, -0.15) is 0 Å². The fourth-order valence-corrected chi connectivity index (χ4v) is 5.32. The van der Waals surface area contributed by atoms with Gasteiger partial charge in [0, 0.05) is 31.9 Å². The minimum Gasteiger partial charge on any atom is -0.393 e. The van der Waals surface area contributed by atoms with Gasteiger partial charge in [-0.25, -0.2) is 4.98 Å². The quantitative estimate of drug-likeness (QED) is 0.884. The van der Waals surface area contributed by atoms with Gasteiger partial charge < -0.3 is 14.9 Å². The third-order valence-electron chi connectivity index (χ3n) is 6.73. The molecule has 1 atom stereocenters. The van der Waals surface area contributed by atoms with Gasteiger partial charge >= 0.3 is 0 Å². The van der Waals surface area contributed by atoms with E-state index in [4.69, 9.17) is 0 Å². The Morgan fingerprint density at radius 3 is 2.62 bits per heavy atom. The van der Waals surface area contributed by atoms with E-state index in [9.17, 15) is 9.90 Å². The number of rotatable bonds is 2. The fourth-order valence-electron chi connectivity index (χ4n) is 5.32. The number of aromatic nitrogens is 1. The Morgan fingerprint density at radius 1 is 1.15 bits per heavy atom. The molecule has 4 rings (SSSR count). The van der Waals surface area contributed by atoms with Crippen molar-refractivity contribution in [1.29, 1.82) is 0 Å². The Hall–Kier alpha value is -1.62. The molecule has 1 unspecified atom stereocenters. The summed E-state index contributed by atoms with van der Waals surface area (Å²) >= 11 is 0. The van der Waals surface area contributed by atoms with E-state index in [1.165, 1.54) is 5.56 Å². The number of nitrogens with zero attached hydrogens (tertiary/aromatic N) is 3. The monoisotopic (exact) mass is 357 g/mol. The number of hydrogen-bond donors (Lipinski definition) is 1. The number of pyridine rings is 1. The molecule has 0 radical (unpaired) electrons. The van der Waals surface area contributed by atoms with E-state index in [0.29, 0.717) is 11.9 Å². The smallest absolute Gasteiger partial charge is 0.230 e. The second kappa shape index (κ2) is 7.18. The number of piperidine rings is 2. The van der Waals surface area contributed by atoms with Crippen LogP contribution in [0.4, 0.5) is 5.82 Å². The highest BCUT2D eigenvalue weighted by molar-refractivity contribution is 5.85. The minimum atomic E-state index is -0.240. The van der Waals surface area contributed by atoms with Gasteiger partial charge in [0.25, 0.3) is 0 Å². The molecule has 1 aliphatic carbocycles. The van der Waals surface area contributed by atoms with Gasteiger partial charge in [-0.1, -0.05) is 6.07 Å². The molecule has 2 saturated heterocycles. The van der Waals surface area contributed by atoms with Gasteiger partial charge in [0.2, 0.25) is 5.91 Å². The van der Waals surface area contributed by atoms with Crippen LogP contribution < -0.4 is 4.90 Å². The van der Waals surface area contributed by atoms with Crippen LogP contribution in [0, 0.1) is 12.3 Å². The van der Waals surface area contributed by atoms with Crippen LogP contribution in [0.3, 0.4) is 0 Å². The molecule has 1 N–H and O–H groups in total. The van der Waals surface area contributed by atoms with E-state index in [0.717, 1.165) is 76.8 Å². The molecule has 26 heavy (non-hydrogen) atoms. The fraction of sp³-hybridized carbons (Fsp3) is 0.714. The molecule has 0 aromatic carbocycles. The van der Waals surface area contributed by atoms with E-state index < -0.39 is 0 Å². The summed E-state index contributed by atoms with van der Waals surface area (Å²) < 4.78 is 0. The number of aliphatic hydroxyl groups is 1. The number of aryl methyl sites for hydroxylation is 1. The zero-order valence-corrected chi connectivity index (χ0v) is 15.9. The standard InChI is InChI=1S/C21H31N3O2/c1-16-5-2-12-22-19(16)23-13-3-10-21(15-23)11-4-14-24(20(21)26)17-6-8-18(25)9-7-17/h2,5,12,17-18,25H,3-4,6-11,13-15H2,1H3/t17-,18-,21?. The summed E-state index contributed by atoms with van der Waals surface area (Å²) in [6.07, 6.45) is 9.40. The molecule has 0 bridgehead atoms. The Kier molecular flexibility index (Phi) is 4.91. The molecule has 1 aromatic rings. The van der Waals surface area contributed by atoms with Crippen LogP contribution in [0.5, 0.6) is 0 Å². The molecule has 1 spiro atoms. The van der Waals surface area contributed by atoms with Crippen molar-refractivity contribution in [3.8, 4) is 0 Å². The summed E-state index contributed by atoms with van der Waals surface area (Å²) in [6, 6.07) is 4.41. The molecule has 5 nitrogen and oxygen atoms in total. The molecule has 142 valence electrons. The first-order valence-electron chi connectivity index (χ1n) is 10.2. The number of amides is 1. The summed E-state index contributed by atoms with van der Waals surface area (Å²) in [4.78, 5) is 22.7. The molecule has 1 amide bonds.